The van der Waals surface area contributed by atoms with Crippen LogP contribution in [0.3, 0.4) is 0 Å². The number of aromatic nitrogens is 1. The zero-order chi connectivity index (χ0) is 27.4. The van der Waals surface area contributed by atoms with E-state index in [9.17, 15) is 19.2 Å². The number of nitrogens with one attached hydrogen (secondary N) is 2. The van der Waals surface area contributed by atoms with E-state index in [-0.39, 0.29) is 23.5 Å². The van der Waals surface area contributed by atoms with Gasteiger partial charge < -0.3 is 29.5 Å². The van der Waals surface area contributed by atoms with E-state index >= 15 is 0 Å². The SMILES string of the molecule is COC(C)(C)OC1C[C@H](C(=O)Nc2ccc(-c3ccc(C(=O)ON4C=NCC4)c(=O)[nH]3)cc2)N(C(C)=O)C1. The fraction of sp³-hybridized carbons (Fsp3) is 0.423. The molecule has 38 heavy (non-hydrogen) atoms. The Morgan fingerprint density at radius 2 is 1.87 bits per heavy atom. The molecule has 2 aliphatic rings. The van der Waals surface area contributed by atoms with Crippen LogP contribution < -0.4 is 10.9 Å². The first-order valence-electron chi connectivity index (χ1n) is 12.2. The summed E-state index contributed by atoms with van der Waals surface area (Å²) in [6.07, 6.45) is 1.41. The lowest BCUT2D eigenvalue weighted by Crippen LogP contribution is -2.42. The third-order valence-electron chi connectivity index (χ3n) is 6.36. The van der Waals surface area contributed by atoms with Gasteiger partial charge in [0.05, 0.1) is 19.2 Å². The zero-order valence-electron chi connectivity index (χ0n) is 21.7. The molecule has 0 aliphatic carbocycles. The molecule has 202 valence electrons. The van der Waals surface area contributed by atoms with Crippen LogP contribution in [0.15, 0.2) is 46.2 Å². The highest BCUT2D eigenvalue weighted by Gasteiger charge is 2.41. The summed E-state index contributed by atoms with van der Waals surface area (Å²) >= 11 is 0. The van der Waals surface area contributed by atoms with Crippen LogP contribution in [0.2, 0.25) is 0 Å². The number of aliphatic imine (C=N–C) groups is 1. The molecule has 1 fully saturated rings. The van der Waals surface area contributed by atoms with Crippen LogP contribution in [0.4, 0.5) is 5.69 Å². The number of benzene rings is 1. The third-order valence-corrected chi connectivity index (χ3v) is 6.36. The standard InChI is InChI=1S/C26H31N5O7/c1-16(32)31-14-19(37-26(2,3)36-4)13-22(31)24(34)28-18-7-5-17(6-8-18)21-10-9-20(23(33)29-21)25(35)38-30-12-11-27-15-30/h5-10,15,19,22H,11-14H2,1-4H3,(H,28,34)(H,29,33)/t19?,22-/m1/s1. The van der Waals surface area contributed by atoms with E-state index in [0.29, 0.717) is 43.0 Å². The summed E-state index contributed by atoms with van der Waals surface area (Å²) in [4.78, 5) is 63.2. The molecule has 2 amide bonds. The van der Waals surface area contributed by atoms with E-state index < -0.39 is 23.4 Å². The Kier molecular flexibility index (Phi) is 7.93. The lowest BCUT2D eigenvalue weighted by molar-refractivity contribution is -0.220. The molecule has 0 bridgehead atoms. The van der Waals surface area contributed by atoms with Crippen LogP contribution in [0.5, 0.6) is 0 Å². The number of hydroxylamine groups is 2. The van der Waals surface area contributed by atoms with Crippen LogP contribution >= 0.6 is 0 Å². The third kappa shape index (κ3) is 6.26. The van der Waals surface area contributed by atoms with Crippen molar-refractivity contribution < 1.29 is 28.7 Å². The highest BCUT2D eigenvalue weighted by atomic mass is 16.7. The Hall–Kier alpha value is -4.03. The fourth-order valence-corrected chi connectivity index (χ4v) is 4.28. The molecule has 2 atom stereocenters. The molecule has 12 nitrogen and oxygen atoms in total. The minimum absolute atomic E-state index is 0.124. The first kappa shape index (κ1) is 27.0. The normalized spacial score (nSPS) is 19.1. The number of rotatable bonds is 8. The number of methoxy groups -OCH3 is 1. The number of H-pyrrole nitrogens is 1. The topological polar surface area (TPSA) is 143 Å². The number of ether oxygens (including phenoxy) is 2. The lowest BCUT2D eigenvalue weighted by Gasteiger charge is -2.27. The summed E-state index contributed by atoms with van der Waals surface area (Å²) < 4.78 is 11.2. The number of carbonyl (C=O) groups excluding carboxylic acids is 3. The number of nitrogens with zero attached hydrogens (tertiary/aromatic N) is 3. The Morgan fingerprint density at radius 3 is 2.47 bits per heavy atom. The summed E-state index contributed by atoms with van der Waals surface area (Å²) in [5.41, 5.74) is 0.985. The van der Waals surface area contributed by atoms with Crippen LogP contribution in [0.1, 0.15) is 37.6 Å². The second-order valence-corrected chi connectivity index (χ2v) is 9.49. The van der Waals surface area contributed by atoms with Gasteiger partial charge in [-0.3, -0.25) is 19.4 Å². The number of aromatic amines is 1. The van der Waals surface area contributed by atoms with E-state index in [2.05, 4.69) is 15.3 Å². The maximum Gasteiger partial charge on any atom is 0.368 e. The number of carbonyl (C=O) groups is 3. The van der Waals surface area contributed by atoms with Crippen molar-refractivity contribution in [1.82, 2.24) is 14.9 Å². The number of likely N-dealkylation sites (tertiary alicyclic amines) is 1. The average molecular weight is 526 g/mol. The Bertz CT molecular complexity index is 1290. The molecule has 3 heterocycles. The van der Waals surface area contributed by atoms with Crippen LogP contribution in [-0.2, 0) is 23.9 Å². The quantitative estimate of drug-likeness (QED) is 0.497. The molecular formula is C26H31N5O7. The van der Waals surface area contributed by atoms with Gasteiger partial charge in [0.15, 0.2) is 5.79 Å². The molecule has 1 unspecified atom stereocenters. The second kappa shape index (κ2) is 11.2. The summed E-state index contributed by atoms with van der Waals surface area (Å²) in [5.74, 6) is -2.15. The first-order chi connectivity index (χ1) is 18.1. The van der Waals surface area contributed by atoms with E-state index in [0.717, 1.165) is 0 Å². The van der Waals surface area contributed by atoms with Crippen molar-refractivity contribution in [3.8, 4) is 11.3 Å². The van der Waals surface area contributed by atoms with Gasteiger partial charge in [-0.2, -0.15) is 5.06 Å². The van der Waals surface area contributed by atoms with Gasteiger partial charge in [-0.15, -0.1) is 0 Å². The molecule has 4 rings (SSSR count). The van der Waals surface area contributed by atoms with Crippen molar-refractivity contribution in [2.24, 2.45) is 4.99 Å². The molecule has 1 saturated heterocycles. The van der Waals surface area contributed by atoms with Crippen LogP contribution in [0.25, 0.3) is 11.3 Å². The molecule has 1 aromatic carbocycles. The van der Waals surface area contributed by atoms with Gasteiger partial charge >= 0.3 is 5.97 Å². The molecule has 2 aromatic rings. The zero-order valence-corrected chi connectivity index (χ0v) is 21.7. The van der Waals surface area contributed by atoms with Crippen molar-refractivity contribution in [1.29, 1.82) is 0 Å². The molecule has 12 heteroatoms. The minimum Gasteiger partial charge on any atom is -0.354 e. The predicted octanol–water partition coefficient (Wildman–Crippen LogP) is 1.78. The monoisotopic (exact) mass is 525 g/mol. The average Bonchev–Trinajstić information content (AvgIpc) is 3.54. The van der Waals surface area contributed by atoms with Gasteiger partial charge in [-0.25, -0.2) is 4.79 Å². The molecule has 0 saturated carbocycles. The van der Waals surface area contributed by atoms with Gasteiger partial charge in [0.2, 0.25) is 11.8 Å². The number of hydrogen-bond acceptors (Lipinski definition) is 9. The van der Waals surface area contributed by atoms with Crippen molar-refractivity contribution >= 4 is 29.8 Å². The van der Waals surface area contributed by atoms with Crippen molar-refractivity contribution in [3.05, 3.63) is 52.3 Å². The number of amides is 2. The van der Waals surface area contributed by atoms with Crippen LogP contribution in [-0.4, -0.2) is 83.7 Å². The highest BCUT2D eigenvalue weighted by molar-refractivity contribution is 5.97. The lowest BCUT2D eigenvalue weighted by atomic mass is 10.1. The van der Waals surface area contributed by atoms with E-state index in [1.165, 1.54) is 36.4 Å². The Labute approximate surface area is 219 Å². The summed E-state index contributed by atoms with van der Waals surface area (Å²) in [5, 5.41) is 4.12. The van der Waals surface area contributed by atoms with E-state index in [1.54, 1.807) is 44.2 Å². The second-order valence-electron chi connectivity index (χ2n) is 9.49. The summed E-state index contributed by atoms with van der Waals surface area (Å²) in [6, 6.07) is 9.16. The fourth-order valence-electron chi connectivity index (χ4n) is 4.28. The van der Waals surface area contributed by atoms with Gasteiger partial charge in [0.25, 0.3) is 5.56 Å². The van der Waals surface area contributed by atoms with Gasteiger partial charge in [0.1, 0.15) is 17.9 Å². The van der Waals surface area contributed by atoms with Crippen molar-refractivity contribution in [2.45, 2.75) is 45.1 Å². The van der Waals surface area contributed by atoms with Crippen molar-refractivity contribution in [3.63, 3.8) is 0 Å². The van der Waals surface area contributed by atoms with Crippen molar-refractivity contribution in [2.75, 3.05) is 32.1 Å². The Balaban J connectivity index is 1.40. The maximum absolute atomic E-state index is 13.0. The predicted molar refractivity (Wildman–Crippen MR) is 138 cm³/mol. The summed E-state index contributed by atoms with van der Waals surface area (Å²) in [6.45, 7) is 6.23. The molecule has 2 N–H and O–H groups in total. The van der Waals surface area contributed by atoms with Gasteiger partial charge in [-0.05, 0) is 43.7 Å². The van der Waals surface area contributed by atoms with Gasteiger partial charge in [-0.1, -0.05) is 12.1 Å². The Morgan fingerprint density at radius 1 is 1.13 bits per heavy atom. The first-order valence-corrected chi connectivity index (χ1v) is 12.2. The van der Waals surface area contributed by atoms with Crippen LogP contribution in [0, 0.1) is 0 Å². The maximum atomic E-state index is 13.0. The number of hydrogen-bond donors (Lipinski definition) is 2. The molecule has 0 radical (unpaired) electrons. The largest absolute Gasteiger partial charge is 0.368 e. The molecular weight excluding hydrogens is 494 g/mol. The summed E-state index contributed by atoms with van der Waals surface area (Å²) in [7, 11) is 1.54. The molecule has 1 aromatic heterocycles. The van der Waals surface area contributed by atoms with E-state index in [1.807, 2.05) is 0 Å². The number of pyridine rings is 1. The minimum atomic E-state index is -0.837. The molecule has 2 aliphatic heterocycles. The smallest absolute Gasteiger partial charge is 0.354 e. The van der Waals surface area contributed by atoms with E-state index in [4.69, 9.17) is 14.3 Å². The molecule has 0 spiro atoms. The highest BCUT2D eigenvalue weighted by Crippen LogP contribution is 2.27. The number of anilines is 1. The van der Waals surface area contributed by atoms with Gasteiger partial charge in [0, 0.05) is 38.4 Å².